The molecule has 0 radical (unpaired) electrons. The molecule has 28 heavy (non-hydrogen) atoms. The summed E-state index contributed by atoms with van der Waals surface area (Å²) in [6.45, 7) is 2.27. The van der Waals surface area contributed by atoms with Gasteiger partial charge in [0.1, 0.15) is 11.5 Å². The molecule has 1 atom stereocenters. The van der Waals surface area contributed by atoms with Crippen molar-refractivity contribution in [1.82, 2.24) is 9.62 Å². The van der Waals surface area contributed by atoms with Gasteiger partial charge in [0.05, 0.1) is 19.1 Å². The fourth-order valence-corrected chi connectivity index (χ4v) is 4.58. The van der Waals surface area contributed by atoms with Crippen LogP contribution in [-0.2, 0) is 10.0 Å². The molecule has 1 aliphatic heterocycles. The minimum Gasteiger partial charge on any atom is -0.497 e. The van der Waals surface area contributed by atoms with Crippen LogP contribution in [0.4, 0.5) is 0 Å². The molecule has 0 saturated carbocycles. The second-order valence-electron chi connectivity index (χ2n) is 6.91. The highest BCUT2D eigenvalue weighted by Gasteiger charge is 2.25. The van der Waals surface area contributed by atoms with Crippen LogP contribution in [0.1, 0.15) is 30.9 Å². The van der Waals surface area contributed by atoms with Gasteiger partial charge in [-0.2, -0.15) is 0 Å². The molecule has 1 N–H and O–H groups in total. The molecule has 1 unspecified atom stereocenters. The van der Waals surface area contributed by atoms with Crippen molar-refractivity contribution in [3.05, 3.63) is 54.1 Å². The number of ether oxygens (including phenoxy) is 2. The maximum absolute atomic E-state index is 12.8. The SMILES string of the molecule is COc1ccc(C(CNS(=O)(=O)c2ccc(OC)cc2)N2CCCCC2)cc1. The number of sulfonamides is 1. The molecular formula is C21H28N2O4S. The van der Waals surface area contributed by atoms with Gasteiger partial charge in [-0.25, -0.2) is 13.1 Å². The van der Waals surface area contributed by atoms with E-state index in [1.807, 2.05) is 24.3 Å². The largest absolute Gasteiger partial charge is 0.497 e. The van der Waals surface area contributed by atoms with E-state index >= 15 is 0 Å². The van der Waals surface area contributed by atoms with Crippen molar-refractivity contribution < 1.29 is 17.9 Å². The summed E-state index contributed by atoms with van der Waals surface area (Å²) in [4.78, 5) is 2.60. The Bertz CT molecular complexity index is 845. The van der Waals surface area contributed by atoms with Gasteiger partial charge >= 0.3 is 0 Å². The normalized spacial score (nSPS) is 16.5. The number of rotatable bonds is 8. The third kappa shape index (κ3) is 5.04. The lowest BCUT2D eigenvalue weighted by molar-refractivity contribution is 0.164. The molecule has 3 rings (SSSR count). The Kier molecular flexibility index (Phi) is 6.93. The van der Waals surface area contributed by atoms with Crippen LogP contribution in [-0.4, -0.2) is 47.2 Å². The van der Waals surface area contributed by atoms with Gasteiger partial charge in [-0.3, -0.25) is 4.90 Å². The predicted molar refractivity (Wildman–Crippen MR) is 109 cm³/mol. The second-order valence-corrected chi connectivity index (χ2v) is 8.68. The Labute approximate surface area is 167 Å². The Morgan fingerprint density at radius 3 is 1.96 bits per heavy atom. The van der Waals surface area contributed by atoms with Crippen molar-refractivity contribution in [2.45, 2.75) is 30.2 Å². The van der Waals surface area contributed by atoms with E-state index < -0.39 is 10.0 Å². The number of hydrogen-bond acceptors (Lipinski definition) is 5. The summed E-state index contributed by atoms with van der Waals surface area (Å²) in [6.07, 6.45) is 3.50. The fourth-order valence-electron chi connectivity index (χ4n) is 3.54. The lowest BCUT2D eigenvalue weighted by atomic mass is 10.0. The van der Waals surface area contributed by atoms with Crippen molar-refractivity contribution in [2.24, 2.45) is 0 Å². The molecule has 7 heteroatoms. The van der Waals surface area contributed by atoms with Crippen molar-refractivity contribution in [3.63, 3.8) is 0 Å². The number of piperidine rings is 1. The summed E-state index contributed by atoms with van der Waals surface area (Å²) >= 11 is 0. The number of methoxy groups -OCH3 is 2. The molecule has 0 amide bonds. The highest BCUT2D eigenvalue weighted by molar-refractivity contribution is 7.89. The molecule has 152 valence electrons. The predicted octanol–water partition coefficient (Wildman–Crippen LogP) is 3.21. The minimum absolute atomic E-state index is 0.0146. The van der Waals surface area contributed by atoms with E-state index in [0.717, 1.165) is 37.2 Å². The number of benzene rings is 2. The maximum atomic E-state index is 12.8. The number of nitrogens with one attached hydrogen (secondary N) is 1. The van der Waals surface area contributed by atoms with Crippen molar-refractivity contribution in [1.29, 1.82) is 0 Å². The van der Waals surface area contributed by atoms with Crippen LogP contribution in [0, 0.1) is 0 Å². The summed E-state index contributed by atoms with van der Waals surface area (Å²) in [6, 6.07) is 14.3. The zero-order chi connectivity index (χ0) is 20.0. The van der Waals surface area contributed by atoms with E-state index in [0.29, 0.717) is 12.3 Å². The maximum Gasteiger partial charge on any atom is 0.240 e. The average molecular weight is 405 g/mol. The topological polar surface area (TPSA) is 67.9 Å². The van der Waals surface area contributed by atoms with Gasteiger partial charge in [-0.05, 0) is 67.9 Å². The van der Waals surface area contributed by atoms with Gasteiger partial charge in [-0.1, -0.05) is 18.6 Å². The summed E-state index contributed by atoms with van der Waals surface area (Å²) in [5.41, 5.74) is 1.08. The van der Waals surface area contributed by atoms with Crippen LogP contribution in [0.2, 0.25) is 0 Å². The molecule has 0 aliphatic carbocycles. The zero-order valence-electron chi connectivity index (χ0n) is 16.4. The van der Waals surface area contributed by atoms with E-state index in [1.165, 1.54) is 6.42 Å². The molecule has 0 spiro atoms. The highest BCUT2D eigenvalue weighted by atomic mass is 32.2. The van der Waals surface area contributed by atoms with Crippen molar-refractivity contribution >= 4 is 10.0 Å². The Hall–Kier alpha value is -2.09. The monoisotopic (exact) mass is 404 g/mol. The van der Waals surface area contributed by atoms with Gasteiger partial charge in [-0.15, -0.1) is 0 Å². The smallest absolute Gasteiger partial charge is 0.240 e. The summed E-state index contributed by atoms with van der Waals surface area (Å²) in [5, 5.41) is 0. The first-order chi connectivity index (χ1) is 13.5. The highest BCUT2D eigenvalue weighted by Crippen LogP contribution is 2.26. The van der Waals surface area contributed by atoms with E-state index in [1.54, 1.807) is 38.5 Å². The number of hydrogen-bond donors (Lipinski definition) is 1. The molecule has 1 heterocycles. The van der Waals surface area contributed by atoms with Crippen LogP contribution in [0.5, 0.6) is 11.5 Å². The first kappa shape index (κ1) is 20.6. The quantitative estimate of drug-likeness (QED) is 0.732. The van der Waals surface area contributed by atoms with E-state index in [9.17, 15) is 8.42 Å². The minimum atomic E-state index is -3.60. The van der Waals surface area contributed by atoms with E-state index in [-0.39, 0.29) is 10.9 Å². The third-order valence-electron chi connectivity index (χ3n) is 5.17. The van der Waals surface area contributed by atoms with Crippen LogP contribution in [0.25, 0.3) is 0 Å². The Balaban J connectivity index is 1.77. The Morgan fingerprint density at radius 2 is 1.43 bits per heavy atom. The lowest BCUT2D eigenvalue weighted by Gasteiger charge is -2.35. The molecule has 2 aromatic carbocycles. The zero-order valence-corrected chi connectivity index (χ0v) is 17.2. The second kappa shape index (κ2) is 9.41. The van der Waals surface area contributed by atoms with Crippen LogP contribution in [0.15, 0.2) is 53.4 Å². The van der Waals surface area contributed by atoms with E-state index in [4.69, 9.17) is 9.47 Å². The summed E-state index contributed by atoms with van der Waals surface area (Å²) in [7, 11) is -0.402. The molecule has 0 aromatic heterocycles. The molecule has 1 saturated heterocycles. The van der Waals surface area contributed by atoms with E-state index in [2.05, 4.69) is 9.62 Å². The number of nitrogens with zero attached hydrogens (tertiary/aromatic N) is 1. The molecular weight excluding hydrogens is 376 g/mol. The number of likely N-dealkylation sites (tertiary alicyclic amines) is 1. The van der Waals surface area contributed by atoms with Gasteiger partial charge in [0.15, 0.2) is 0 Å². The van der Waals surface area contributed by atoms with Crippen molar-refractivity contribution in [2.75, 3.05) is 33.9 Å². The van der Waals surface area contributed by atoms with Gasteiger partial charge in [0.25, 0.3) is 0 Å². The van der Waals surface area contributed by atoms with Crippen molar-refractivity contribution in [3.8, 4) is 11.5 Å². The summed E-state index contributed by atoms with van der Waals surface area (Å²) in [5.74, 6) is 1.42. The van der Waals surface area contributed by atoms with Crippen LogP contribution >= 0.6 is 0 Å². The van der Waals surface area contributed by atoms with Crippen LogP contribution < -0.4 is 14.2 Å². The Morgan fingerprint density at radius 1 is 0.893 bits per heavy atom. The first-order valence-corrected chi connectivity index (χ1v) is 11.0. The molecule has 1 fully saturated rings. The molecule has 1 aliphatic rings. The molecule has 0 bridgehead atoms. The molecule has 2 aromatic rings. The fraction of sp³-hybridized carbons (Fsp3) is 0.429. The molecule has 6 nitrogen and oxygen atoms in total. The third-order valence-corrected chi connectivity index (χ3v) is 6.61. The van der Waals surface area contributed by atoms with Gasteiger partial charge < -0.3 is 9.47 Å². The summed E-state index contributed by atoms with van der Waals surface area (Å²) < 4.78 is 38.7. The van der Waals surface area contributed by atoms with Crippen LogP contribution in [0.3, 0.4) is 0 Å². The van der Waals surface area contributed by atoms with Gasteiger partial charge in [0.2, 0.25) is 10.0 Å². The standard InChI is InChI=1S/C21H28N2O4S/c1-26-18-8-6-17(7-9-18)21(23-14-4-3-5-15-23)16-22-28(24,25)20-12-10-19(27-2)11-13-20/h6-13,21-22H,3-5,14-16H2,1-2H3. The first-order valence-electron chi connectivity index (χ1n) is 9.55. The average Bonchev–Trinajstić information content (AvgIpc) is 2.75. The lowest BCUT2D eigenvalue weighted by Crippen LogP contribution is -2.40. The van der Waals surface area contributed by atoms with Gasteiger partial charge in [0, 0.05) is 12.6 Å².